The van der Waals surface area contributed by atoms with Crippen molar-refractivity contribution in [2.45, 2.75) is 34.1 Å². The van der Waals surface area contributed by atoms with E-state index in [1.807, 2.05) is 63.4 Å². The van der Waals surface area contributed by atoms with E-state index in [9.17, 15) is 0 Å². The minimum Gasteiger partial charge on any atom is -0.497 e. The number of thiocarbonyl (C=S) groups is 1. The van der Waals surface area contributed by atoms with Crippen molar-refractivity contribution in [2.75, 3.05) is 24.3 Å². The number of benzene rings is 2. The predicted molar refractivity (Wildman–Crippen MR) is 151 cm³/mol. The maximum absolute atomic E-state index is 5.59. The third kappa shape index (κ3) is 6.37. The molecule has 2 aromatic heterocycles. The van der Waals surface area contributed by atoms with Gasteiger partial charge in [0, 0.05) is 40.7 Å². The summed E-state index contributed by atoms with van der Waals surface area (Å²) in [5.74, 6) is 1.76. The fraction of sp³-hybridized carbons (Fsp3) is 0.259. The van der Waals surface area contributed by atoms with Crippen LogP contribution in [0.25, 0.3) is 10.9 Å². The number of aromatic nitrogens is 3. The quantitative estimate of drug-likeness (QED) is 0.164. The fourth-order valence-corrected chi connectivity index (χ4v) is 4.20. The fourth-order valence-electron chi connectivity index (χ4n) is 3.99. The maximum Gasteiger partial charge on any atom is 0.229 e. The van der Waals surface area contributed by atoms with Crippen LogP contribution in [0.5, 0.6) is 5.75 Å². The molecule has 0 aliphatic carbocycles. The third-order valence-corrected chi connectivity index (χ3v) is 5.90. The number of nitrogens with one attached hydrogen (secondary N) is 4. The van der Waals surface area contributed by atoms with Crippen LogP contribution in [-0.4, -0.2) is 39.7 Å². The van der Waals surface area contributed by atoms with Crippen molar-refractivity contribution < 1.29 is 4.74 Å². The summed E-state index contributed by atoms with van der Waals surface area (Å²) in [6.45, 7) is 8.50. The molecule has 0 aliphatic rings. The lowest BCUT2D eigenvalue weighted by molar-refractivity contribution is 0.415. The molecule has 2 aromatic carbocycles. The molecular weight excluding hydrogens is 470 g/mol. The van der Waals surface area contributed by atoms with E-state index in [0.29, 0.717) is 23.6 Å². The summed E-state index contributed by atoms with van der Waals surface area (Å²) >= 11 is 5.59. The Hall–Kier alpha value is -3.98. The Labute approximate surface area is 216 Å². The third-order valence-electron chi connectivity index (χ3n) is 5.70. The van der Waals surface area contributed by atoms with Crippen molar-refractivity contribution in [3.63, 3.8) is 0 Å². The monoisotopic (exact) mass is 501 g/mol. The van der Waals surface area contributed by atoms with E-state index in [0.717, 1.165) is 51.3 Å². The van der Waals surface area contributed by atoms with Crippen LogP contribution in [0.2, 0.25) is 0 Å². The van der Waals surface area contributed by atoms with Crippen LogP contribution in [0.4, 0.5) is 11.6 Å². The number of nitrogens with zero attached hydrogens (tertiary/aromatic N) is 3. The largest absolute Gasteiger partial charge is 0.497 e. The summed E-state index contributed by atoms with van der Waals surface area (Å²) in [5, 5.41) is 11.2. The molecule has 9 heteroatoms. The normalized spacial score (nSPS) is 11.4. The first-order valence-corrected chi connectivity index (χ1v) is 12.1. The van der Waals surface area contributed by atoms with Gasteiger partial charge in [0.15, 0.2) is 5.11 Å². The zero-order chi connectivity index (χ0) is 25.7. The average Bonchev–Trinajstić information content (AvgIpc) is 3.22. The molecule has 0 bridgehead atoms. The van der Waals surface area contributed by atoms with Crippen LogP contribution in [0, 0.1) is 27.7 Å². The molecule has 0 saturated carbocycles. The molecule has 4 rings (SSSR count). The molecule has 0 saturated heterocycles. The van der Waals surface area contributed by atoms with Crippen molar-refractivity contribution >= 4 is 45.8 Å². The summed E-state index contributed by atoms with van der Waals surface area (Å²) in [5.41, 5.74) is 7.20. The Morgan fingerprint density at radius 3 is 2.50 bits per heavy atom. The highest BCUT2D eigenvalue weighted by Gasteiger charge is 2.10. The number of methoxy groups -OCH3 is 1. The zero-order valence-corrected chi connectivity index (χ0v) is 22.0. The number of H-pyrrole nitrogens is 1. The lowest BCUT2D eigenvalue weighted by Gasteiger charge is -2.15. The predicted octanol–water partition coefficient (Wildman–Crippen LogP) is 5.20. The molecule has 8 nitrogen and oxygen atoms in total. The standard InChI is InChI=1S/C27H31N7OS/c1-16-6-8-23(17(2)12-16)32-27(36)34-25(33-26-30-18(3)13-19(4)31-26)28-11-10-20-15-29-24-9-7-21(35-5)14-22(20)24/h6-9,12-15,29H,10-11H2,1-5H3,(H3,28,30,31,32,33,34,36). The molecule has 2 heterocycles. The highest BCUT2D eigenvalue weighted by molar-refractivity contribution is 7.80. The molecule has 0 amide bonds. The van der Waals surface area contributed by atoms with Gasteiger partial charge in [0.25, 0.3) is 0 Å². The number of anilines is 2. The minimum absolute atomic E-state index is 0.425. The summed E-state index contributed by atoms with van der Waals surface area (Å²) in [6.07, 6.45) is 2.74. The first kappa shape index (κ1) is 25.1. The first-order chi connectivity index (χ1) is 17.3. The van der Waals surface area contributed by atoms with Gasteiger partial charge in [-0.15, -0.1) is 0 Å². The van der Waals surface area contributed by atoms with E-state index >= 15 is 0 Å². The second-order valence-electron chi connectivity index (χ2n) is 8.70. The van der Waals surface area contributed by atoms with Gasteiger partial charge in [-0.05, 0) is 87.8 Å². The van der Waals surface area contributed by atoms with Crippen molar-refractivity contribution in [3.8, 4) is 5.75 Å². The molecule has 0 aliphatic heterocycles. The number of guanidine groups is 1. The highest BCUT2D eigenvalue weighted by atomic mass is 32.1. The van der Waals surface area contributed by atoms with Gasteiger partial charge in [-0.25, -0.2) is 9.97 Å². The SMILES string of the molecule is COc1ccc2[nH]cc(CCN=C(NC(=S)Nc3ccc(C)cc3C)Nc3nc(C)cc(C)n3)c2c1. The van der Waals surface area contributed by atoms with Crippen molar-refractivity contribution in [1.29, 1.82) is 0 Å². The molecular formula is C27H31N7OS. The van der Waals surface area contributed by atoms with E-state index in [1.165, 1.54) is 5.56 Å². The van der Waals surface area contributed by atoms with Gasteiger partial charge in [-0.3, -0.25) is 10.3 Å². The Morgan fingerprint density at radius 2 is 1.78 bits per heavy atom. The molecule has 4 aromatic rings. The molecule has 186 valence electrons. The zero-order valence-electron chi connectivity index (χ0n) is 21.2. The lowest BCUT2D eigenvalue weighted by atomic mass is 10.1. The maximum atomic E-state index is 5.59. The van der Waals surface area contributed by atoms with Crippen LogP contribution < -0.4 is 20.7 Å². The van der Waals surface area contributed by atoms with Gasteiger partial charge in [0.1, 0.15) is 5.75 Å². The second kappa shape index (κ2) is 11.2. The summed E-state index contributed by atoms with van der Waals surface area (Å²) in [6, 6.07) is 14.1. The topological polar surface area (TPSA) is 99.2 Å². The van der Waals surface area contributed by atoms with Crippen LogP contribution in [0.1, 0.15) is 28.1 Å². The number of hydrogen-bond acceptors (Lipinski definition) is 5. The van der Waals surface area contributed by atoms with E-state index in [4.69, 9.17) is 21.9 Å². The first-order valence-electron chi connectivity index (χ1n) is 11.7. The molecule has 0 spiro atoms. The van der Waals surface area contributed by atoms with Gasteiger partial charge in [-0.2, -0.15) is 0 Å². The van der Waals surface area contributed by atoms with E-state index in [1.54, 1.807) is 7.11 Å². The Morgan fingerprint density at radius 1 is 1.00 bits per heavy atom. The van der Waals surface area contributed by atoms with Gasteiger partial charge in [0.2, 0.25) is 11.9 Å². The van der Waals surface area contributed by atoms with E-state index < -0.39 is 0 Å². The van der Waals surface area contributed by atoms with Gasteiger partial charge in [0.05, 0.1) is 7.11 Å². The number of rotatable bonds is 6. The van der Waals surface area contributed by atoms with Crippen LogP contribution >= 0.6 is 12.2 Å². The van der Waals surface area contributed by atoms with Crippen molar-refractivity contribution in [2.24, 2.45) is 4.99 Å². The van der Waals surface area contributed by atoms with Crippen LogP contribution in [-0.2, 0) is 6.42 Å². The smallest absolute Gasteiger partial charge is 0.229 e. The van der Waals surface area contributed by atoms with Gasteiger partial charge >= 0.3 is 0 Å². The average molecular weight is 502 g/mol. The van der Waals surface area contributed by atoms with Crippen molar-refractivity contribution in [1.82, 2.24) is 20.3 Å². The van der Waals surface area contributed by atoms with Gasteiger partial charge in [-0.1, -0.05) is 17.7 Å². The molecule has 0 radical (unpaired) electrons. The number of hydrogen-bond donors (Lipinski definition) is 4. The molecule has 0 fully saturated rings. The number of aryl methyl sites for hydroxylation is 4. The second-order valence-corrected chi connectivity index (χ2v) is 9.11. The minimum atomic E-state index is 0.425. The summed E-state index contributed by atoms with van der Waals surface area (Å²) < 4.78 is 5.39. The molecule has 0 unspecified atom stereocenters. The van der Waals surface area contributed by atoms with E-state index in [2.05, 4.69) is 43.9 Å². The number of ether oxygens (including phenoxy) is 1. The Bertz CT molecular complexity index is 1410. The molecule has 36 heavy (non-hydrogen) atoms. The number of aliphatic imine (C=N–C) groups is 1. The Kier molecular flexibility index (Phi) is 7.80. The van der Waals surface area contributed by atoms with Crippen LogP contribution in [0.15, 0.2) is 53.7 Å². The Balaban J connectivity index is 1.52. The van der Waals surface area contributed by atoms with Crippen molar-refractivity contribution in [3.05, 3.63) is 76.7 Å². The summed E-state index contributed by atoms with van der Waals surface area (Å²) in [4.78, 5) is 17.0. The molecule has 4 N–H and O–H groups in total. The lowest BCUT2D eigenvalue weighted by Crippen LogP contribution is -2.39. The summed E-state index contributed by atoms with van der Waals surface area (Å²) in [7, 11) is 1.67. The molecule has 0 atom stereocenters. The van der Waals surface area contributed by atoms with Crippen LogP contribution in [0.3, 0.4) is 0 Å². The van der Waals surface area contributed by atoms with E-state index in [-0.39, 0.29) is 0 Å². The highest BCUT2D eigenvalue weighted by Crippen LogP contribution is 2.24. The number of fused-ring (bicyclic) bond motifs is 1. The number of aromatic amines is 1. The van der Waals surface area contributed by atoms with Gasteiger partial charge < -0.3 is 20.4 Å².